The van der Waals surface area contributed by atoms with Crippen LogP contribution in [0.2, 0.25) is 0 Å². The molecule has 2 N–H and O–H groups in total. The molecule has 152 valence electrons. The third kappa shape index (κ3) is 4.65. The summed E-state index contributed by atoms with van der Waals surface area (Å²) in [6, 6.07) is 13.9. The summed E-state index contributed by atoms with van der Waals surface area (Å²) >= 11 is 0. The third-order valence-electron chi connectivity index (χ3n) is 4.54. The van der Waals surface area contributed by atoms with E-state index in [1.807, 2.05) is 13.0 Å². The van der Waals surface area contributed by atoms with Gasteiger partial charge in [-0.25, -0.2) is 13.2 Å². The number of carbonyl (C=O) groups excluding carboxylic acids is 2. The molecule has 0 bridgehead atoms. The van der Waals surface area contributed by atoms with E-state index in [1.54, 1.807) is 43.3 Å². The van der Waals surface area contributed by atoms with Crippen molar-refractivity contribution in [2.45, 2.75) is 24.8 Å². The summed E-state index contributed by atoms with van der Waals surface area (Å²) in [5.41, 5.74) is 1.56. The topological polar surface area (TPSA) is 102 Å². The van der Waals surface area contributed by atoms with Crippen LogP contribution in [0.4, 0.5) is 4.79 Å². The van der Waals surface area contributed by atoms with E-state index in [1.165, 1.54) is 12.1 Å². The number of urea groups is 1. The maximum Gasteiger partial charge on any atom is 0.319 e. The van der Waals surface area contributed by atoms with Gasteiger partial charge < -0.3 is 15.4 Å². The first-order chi connectivity index (χ1) is 13.8. The Morgan fingerprint density at radius 2 is 1.76 bits per heavy atom. The van der Waals surface area contributed by atoms with Crippen LogP contribution < -0.4 is 10.6 Å². The van der Waals surface area contributed by atoms with Gasteiger partial charge in [0.25, 0.3) is 0 Å². The van der Waals surface area contributed by atoms with Crippen LogP contribution in [-0.2, 0) is 19.4 Å². The van der Waals surface area contributed by atoms with Crippen molar-refractivity contribution in [2.75, 3.05) is 6.61 Å². The van der Waals surface area contributed by atoms with Crippen molar-refractivity contribution in [1.29, 1.82) is 0 Å². The van der Waals surface area contributed by atoms with Gasteiger partial charge in [0, 0.05) is 5.70 Å². The number of rotatable bonds is 5. The van der Waals surface area contributed by atoms with Crippen LogP contribution >= 0.6 is 0 Å². The smallest absolute Gasteiger partial charge is 0.319 e. The predicted octanol–water partition coefficient (Wildman–Crippen LogP) is 2.84. The van der Waals surface area contributed by atoms with Gasteiger partial charge in [-0.05, 0) is 31.5 Å². The molecule has 7 nitrogen and oxygen atoms in total. The lowest BCUT2D eigenvalue weighted by atomic mass is 9.89. The van der Waals surface area contributed by atoms with E-state index in [4.69, 9.17) is 4.74 Å². The van der Waals surface area contributed by atoms with Gasteiger partial charge in [-0.3, -0.25) is 4.79 Å². The maximum absolute atomic E-state index is 12.9. The Morgan fingerprint density at radius 1 is 1.10 bits per heavy atom. The van der Waals surface area contributed by atoms with E-state index in [0.717, 1.165) is 11.0 Å². The van der Waals surface area contributed by atoms with E-state index in [0.29, 0.717) is 5.56 Å². The average molecular weight is 414 g/mol. The van der Waals surface area contributed by atoms with Crippen molar-refractivity contribution in [3.8, 4) is 0 Å². The molecule has 0 saturated carbocycles. The number of aryl methyl sites for hydroxylation is 1. The molecule has 1 fully saturated rings. The Labute approximate surface area is 169 Å². The van der Waals surface area contributed by atoms with E-state index < -0.39 is 33.8 Å². The van der Waals surface area contributed by atoms with Gasteiger partial charge >= 0.3 is 12.0 Å². The second-order valence-electron chi connectivity index (χ2n) is 6.65. The van der Waals surface area contributed by atoms with Crippen molar-refractivity contribution >= 4 is 21.8 Å². The molecule has 1 saturated heterocycles. The normalized spacial score (nSPS) is 20.6. The first-order valence-corrected chi connectivity index (χ1v) is 10.7. The highest BCUT2D eigenvalue weighted by Gasteiger charge is 2.40. The molecule has 0 spiro atoms. The molecule has 2 amide bonds. The quantitative estimate of drug-likeness (QED) is 0.733. The molecule has 2 atom stereocenters. The number of ether oxygens (including phenoxy) is 1. The average Bonchev–Trinajstić information content (AvgIpc) is 2.68. The molecule has 0 aliphatic carbocycles. The van der Waals surface area contributed by atoms with Crippen molar-refractivity contribution in [3.05, 3.63) is 76.8 Å². The largest absolute Gasteiger partial charge is 0.465 e. The van der Waals surface area contributed by atoms with Crippen LogP contribution in [0.1, 0.15) is 24.1 Å². The zero-order chi connectivity index (χ0) is 21.0. The summed E-state index contributed by atoms with van der Waals surface area (Å²) in [5, 5.41) is 6.11. The van der Waals surface area contributed by atoms with E-state index >= 15 is 0 Å². The molecule has 1 heterocycles. The Bertz CT molecular complexity index is 1030. The molecule has 1 aliphatic heterocycles. The molecule has 0 unspecified atom stereocenters. The van der Waals surface area contributed by atoms with Crippen LogP contribution in [0.25, 0.3) is 0 Å². The van der Waals surface area contributed by atoms with Gasteiger partial charge in [-0.2, -0.15) is 0 Å². The van der Waals surface area contributed by atoms with Crippen LogP contribution in [0.3, 0.4) is 0 Å². The third-order valence-corrected chi connectivity index (χ3v) is 6.04. The Hall–Kier alpha value is -3.13. The fourth-order valence-corrected chi connectivity index (χ4v) is 4.34. The highest BCUT2D eigenvalue weighted by atomic mass is 32.2. The SMILES string of the molecule is CCOC(=O)[C@H]1/C(=C\S(=O)(=O)c2ccc(C)cc2)NC(=O)N[C@H]1c1ccccc1. The van der Waals surface area contributed by atoms with E-state index in [9.17, 15) is 18.0 Å². The number of nitrogens with one attached hydrogen (secondary N) is 2. The highest BCUT2D eigenvalue weighted by molar-refractivity contribution is 7.94. The Kier molecular flexibility index (Phi) is 6.03. The minimum Gasteiger partial charge on any atom is -0.465 e. The predicted molar refractivity (Wildman–Crippen MR) is 107 cm³/mol. The summed E-state index contributed by atoms with van der Waals surface area (Å²) < 4.78 is 30.9. The van der Waals surface area contributed by atoms with E-state index in [-0.39, 0.29) is 17.2 Å². The van der Waals surface area contributed by atoms with Crippen molar-refractivity contribution in [3.63, 3.8) is 0 Å². The fraction of sp³-hybridized carbons (Fsp3) is 0.238. The number of carbonyl (C=O) groups is 2. The summed E-state index contributed by atoms with van der Waals surface area (Å²) in [4.78, 5) is 25.0. The van der Waals surface area contributed by atoms with Crippen molar-refractivity contribution in [2.24, 2.45) is 5.92 Å². The van der Waals surface area contributed by atoms with Crippen LogP contribution in [0.5, 0.6) is 0 Å². The van der Waals surface area contributed by atoms with Crippen LogP contribution in [0.15, 0.2) is 70.6 Å². The van der Waals surface area contributed by atoms with Gasteiger partial charge in [-0.15, -0.1) is 0 Å². The van der Waals surface area contributed by atoms with Gasteiger partial charge in [0.05, 0.1) is 23.0 Å². The summed E-state index contributed by atoms with van der Waals surface area (Å²) in [6.07, 6.45) is 0. The van der Waals surface area contributed by atoms with Crippen molar-refractivity contribution in [1.82, 2.24) is 10.6 Å². The minimum atomic E-state index is -3.90. The summed E-state index contributed by atoms with van der Waals surface area (Å²) in [7, 11) is -3.90. The molecular weight excluding hydrogens is 392 g/mol. The first kappa shape index (κ1) is 20.6. The van der Waals surface area contributed by atoms with Gasteiger partial charge in [0.1, 0.15) is 5.92 Å². The van der Waals surface area contributed by atoms with Gasteiger partial charge in [0.2, 0.25) is 9.84 Å². The Morgan fingerprint density at radius 3 is 2.38 bits per heavy atom. The van der Waals surface area contributed by atoms with Crippen LogP contribution in [-0.4, -0.2) is 27.0 Å². The number of hydrogen-bond acceptors (Lipinski definition) is 5. The molecule has 0 aromatic heterocycles. The second-order valence-corrected chi connectivity index (χ2v) is 8.44. The Balaban J connectivity index is 2.08. The van der Waals surface area contributed by atoms with Crippen molar-refractivity contribution < 1.29 is 22.7 Å². The number of sulfone groups is 1. The lowest BCUT2D eigenvalue weighted by molar-refractivity contribution is -0.147. The number of amides is 2. The fourth-order valence-electron chi connectivity index (χ4n) is 3.15. The summed E-state index contributed by atoms with van der Waals surface area (Å²) in [5.74, 6) is -1.66. The van der Waals surface area contributed by atoms with Gasteiger partial charge in [-0.1, -0.05) is 48.0 Å². The molecule has 29 heavy (non-hydrogen) atoms. The summed E-state index contributed by atoms with van der Waals surface area (Å²) in [6.45, 7) is 3.64. The minimum absolute atomic E-state index is 0.0263. The van der Waals surface area contributed by atoms with Crippen LogP contribution in [0, 0.1) is 12.8 Å². The molecule has 1 aliphatic rings. The maximum atomic E-state index is 12.9. The standard InChI is InChI=1S/C21H22N2O5S/c1-3-28-20(24)18-17(13-29(26,27)16-11-9-14(2)10-12-16)22-21(25)23-19(18)15-7-5-4-6-8-15/h4-13,18-19H,3H2,1-2H3,(H2,22,23,25)/b17-13+/t18-,19-/m0/s1. The molecule has 2 aromatic carbocycles. The van der Waals surface area contributed by atoms with E-state index in [2.05, 4.69) is 10.6 Å². The zero-order valence-corrected chi connectivity index (χ0v) is 16.9. The molecule has 2 aromatic rings. The molecule has 3 rings (SSSR count). The van der Waals surface area contributed by atoms with Gasteiger partial charge in [0.15, 0.2) is 0 Å². The molecular formula is C21H22N2O5S. The number of esters is 1. The molecule has 0 radical (unpaired) electrons. The first-order valence-electron chi connectivity index (χ1n) is 9.14. The lowest BCUT2D eigenvalue weighted by Gasteiger charge is -2.33. The zero-order valence-electron chi connectivity index (χ0n) is 16.1. The molecule has 8 heteroatoms. The second kappa shape index (κ2) is 8.48. The number of hydrogen-bond donors (Lipinski definition) is 2. The highest BCUT2D eigenvalue weighted by Crippen LogP contribution is 2.32. The monoisotopic (exact) mass is 414 g/mol. The lowest BCUT2D eigenvalue weighted by Crippen LogP contribution is -2.51. The number of benzene rings is 2.